The van der Waals surface area contributed by atoms with E-state index in [-0.39, 0.29) is 0 Å². The summed E-state index contributed by atoms with van der Waals surface area (Å²) in [6, 6.07) is 7.43. The number of nitrogens with zero attached hydrogens (tertiary/aromatic N) is 2. The van der Waals surface area contributed by atoms with Crippen LogP contribution in [0.5, 0.6) is 0 Å². The van der Waals surface area contributed by atoms with Crippen LogP contribution in [-0.2, 0) is 10.8 Å². The molecule has 1 N–H and O–H groups in total. The molecule has 0 saturated carbocycles. The van der Waals surface area contributed by atoms with Crippen LogP contribution in [0.2, 0.25) is 0 Å². The van der Waals surface area contributed by atoms with E-state index >= 15 is 0 Å². The lowest BCUT2D eigenvalue weighted by Gasteiger charge is -2.31. The number of aliphatic hydroxyl groups is 1. The van der Waals surface area contributed by atoms with Gasteiger partial charge in [0.2, 0.25) is 0 Å². The fraction of sp³-hybridized carbons (Fsp3) is 0.462. The van der Waals surface area contributed by atoms with E-state index in [0.717, 1.165) is 11.3 Å². The molecule has 0 aromatic heterocycles. The summed E-state index contributed by atoms with van der Waals surface area (Å²) in [5, 5.41) is 18.7. The van der Waals surface area contributed by atoms with Gasteiger partial charge >= 0.3 is 0 Å². The zero-order valence-electron chi connectivity index (χ0n) is 10.3. The minimum atomic E-state index is -0.728. The molecule has 0 radical (unpaired) electrons. The summed E-state index contributed by atoms with van der Waals surface area (Å²) < 4.78 is 11.4. The van der Waals surface area contributed by atoms with Gasteiger partial charge in [0.05, 0.1) is 17.7 Å². The largest absolute Gasteiger partial charge is 0.389 e. The predicted molar refractivity (Wildman–Crippen MR) is 71.9 cm³/mol. The molecule has 0 bridgehead atoms. The van der Waals surface area contributed by atoms with Crippen molar-refractivity contribution in [3.05, 3.63) is 29.3 Å². The SMILES string of the molecule is CC(O)c1ccc(C#N)cc1N1CCS(=O)CC1. The first-order chi connectivity index (χ1) is 8.61. The fourth-order valence-electron chi connectivity index (χ4n) is 2.12. The van der Waals surface area contributed by atoms with Crippen molar-refractivity contribution in [1.82, 2.24) is 0 Å². The number of aliphatic hydroxyl groups excluding tert-OH is 1. The first-order valence-electron chi connectivity index (χ1n) is 5.94. The quantitative estimate of drug-likeness (QED) is 0.871. The van der Waals surface area contributed by atoms with Crippen LogP contribution in [0.25, 0.3) is 0 Å². The van der Waals surface area contributed by atoms with Crippen molar-refractivity contribution in [3.63, 3.8) is 0 Å². The molecule has 1 fully saturated rings. The van der Waals surface area contributed by atoms with Crippen LogP contribution in [0.1, 0.15) is 24.2 Å². The van der Waals surface area contributed by atoms with Crippen molar-refractivity contribution in [3.8, 4) is 6.07 Å². The van der Waals surface area contributed by atoms with Gasteiger partial charge in [-0.05, 0) is 19.1 Å². The molecular weight excluding hydrogens is 248 g/mol. The predicted octanol–water partition coefficient (Wildman–Crippen LogP) is 1.18. The van der Waals surface area contributed by atoms with Gasteiger partial charge in [0.25, 0.3) is 0 Å². The van der Waals surface area contributed by atoms with Gasteiger partial charge in [0, 0.05) is 46.6 Å². The summed E-state index contributed by atoms with van der Waals surface area (Å²) >= 11 is 0. The third kappa shape index (κ3) is 2.71. The van der Waals surface area contributed by atoms with Gasteiger partial charge in [0.15, 0.2) is 0 Å². The van der Waals surface area contributed by atoms with Crippen LogP contribution in [0.15, 0.2) is 18.2 Å². The van der Waals surface area contributed by atoms with Crippen LogP contribution in [0, 0.1) is 11.3 Å². The van der Waals surface area contributed by atoms with Crippen molar-refractivity contribution in [1.29, 1.82) is 5.26 Å². The Morgan fingerprint density at radius 3 is 2.67 bits per heavy atom. The van der Waals surface area contributed by atoms with Crippen molar-refractivity contribution in [2.24, 2.45) is 0 Å². The number of nitriles is 1. The van der Waals surface area contributed by atoms with E-state index in [1.807, 2.05) is 0 Å². The summed E-state index contributed by atoms with van der Waals surface area (Å²) in [5.74, 6) is 1.30. The number of hydrogen-bond donors (Lipinski definition) is 1. The van der Waals surface area contributed by atoms with Gasteiger partial charge in [0.1, 0.15) is 0 Å². The Labute approximate surface area is 109 Å². The van der Waals surface area contributed by atoms with Crippen LogP contribution in [-0.4, -0.2) is 33.9 Å². The molecule has 1 heterocycles. The third-order valence-corrected chi connectivity index (χ3v) is 4.40. The van der Waals surface area contributed by atoms with Crippen molar-refractivity contribution < 1.29 is 9.32 Å². The van der Waals surface area contributed by atoms with Crippen LogP contribution >= 0.6 is 0 Å². The second-order valence-corrected chi connectivity index (χ2v) is 6.09. The highest BCUT2D eigenvalue weighted by Crippen LogP contribution is 2.28. The fourth-order valence-corrected chi connectivity index (χ4v) is 3.17. The highest BCUT2D eigenvalue weighted by Gasteiger charge is 2.20. The number of rotatable bonds is 2. The molecule has 2 rings (SSSR count). The number of hydrogen-bond acceptors (Lipinski definition) is 4. The zero-order valence-corrected chi connectivity index (χ0v) is 11.1. The molecule has 5 heteroatoms. The van der Waals surface area contributed by atoms with Gasteiger partial charge in [-0.3, -0.25) is 4.21 Å². The van der Waals surface area contributed by atoms with E-state index in [2.05, 4.69) is 11.0 Å². The van der Waals surface area contributed by atoms with E-state index in [9.17, 15) is 9.32 Å². The summed E-state index contributed by atoms with van der Waals surface area (Å²) in [6.07, 6.45) is -0.569. The van der Waals surface area contributed by atoms with Crippen LogP contribution in [0.3, 0.4) is 0 Å². The van der Waals surface area contributed by atoms with E-state index in [1.165, 1.54) is 0 Å². The molecule has 1 atom stereocenters. The summed E-state index contributed by atoms with van der Waals surface area (Å²) in [4.78, 5) is 2.10. The lowest BCUT2D eigenvalue weighted by molar-refractivity contribution is 0.199. The van der Waals surface area contributed by atoms with Gasteiger partial charge in [-0.1, -0.05) is 6.07 Å². The van der Waals surface area contributed by atoms with E-state index < -0.39 is 16.9 Å². The molecule has 1 aliphatic heterocycles. The minimum Gasteiger partial charge on any atom is -0.389 e. The number of benzene rings is 1. The Hall–Kier alpha value is -1.38. The monoisotopic (exact) mass is 264 g/mol. The average Bonchev–Trinajstić information content (AvgIpc) is 2.38. The lowest BCUT2D eigenvalue weighted by atomic mass is 10.0. The maximum absolute atomic E-state index is 11.4. The topological polar surface area (TPSA) is 64.3 Å². The Morgan fingerprint density at radius 1 is 1.44 bits per heavy atom. The minimum absolute atomic E-state index is 0.569. The van der Waals surface area contributed by atoms with E-state index in [1.54, 1.807) is 25.1 Å². The molecular formula is C13H16N2O2S. The van der Waals surface area contributed by atoms with Gasteiger partial charge in [-0.15, -0.1) is 0 Å². The standard InChI is InChI=1S/C13H16N2O2S/c1-10(16)12-3-2-11(9-14)8-13(12)15-4-6-18(17)7-5-15/h2-3,8,10,16H,4-7H2,1H3. The Bertz CT molecular complexity index is 498. The summed E-state index contributed by atoms with van der Waals surface area (Å²) in [6.45, 7) is 3.13. The highest BCUT2D eigenvalue weighted by atomic mass is 32.2. The maximum Gasteiger partial charge on any atom is 0.0992 e. The first kappa shape index (κ1) is 13.1. The Kier molecular flexibility index (Phi) is 4.00. The second-order valence-electron chi connectivity index (χ2n) is 4.40. The van der Waals surface area contributed by atoms with Crippen molar-refractivity contribution in [2.75, 3.05) is 29.5 Å². The van der Waals surface area contributed by atoms with Crippen LogP contribution in [0.4, 0.5) is 5.69 Å². The molecule has 0 aliphatic carbocycles. The lowest BCUT2D eigenvalue weighted by Crippen LogP contribution is -2.38. The van der Waals surface area contributed by atoms with Crippen molar-refractivity contribution in [2.45, 2.75) is 13.0 Å². The molecule has 1 unspecified atom stereocenters. The molecule has 18 heavy (non-hydrogen) atoms. The highest BCUT2D eigenvalue weighted by molar-refractivity contribution is 7.85. The Balaban J connectivity index is 2.35. The molecule has 96 valence electrons. The van der Waals surface area contributed by atoms with E-state index in [0.29, 0.717) is 30.2 Å². The Morgan fingerprint density at radius 2 is 2.11 bits per heavy atom. The molecule has 1 saturated heterocycles. The molecule has 1 aromatic carbocycles. The zero-order chi connectivity index (χ0) is 13.1. The number of anilines is 1. The van der Waals surface area contributed by atoms with Crippen LogP contribution < -0.4 is 4.90 Å². The van der Waals surface area contributed by atoms with E-state index in [4.69, 9.17) is 5.26 Å². The van der Waals surface area contributed by atoms with Gasteiger partial charge in [-0.2, -0.15) is 5.26 Å². The summed E-state index contributed by atoms with van der Waals surface area (Å²) in [5.41, 5.74) is 2.29. The molecule has 0 spiro atoms. The second kappa shape index (κ2) is 5.51. The maximum atomic E-state index is 11.4. The van der Waals surface area contributed by atoms with Gasteiger partial charge in [-0.25, -0.2) is 0 Å². The van der Waals surface area contributed by atoms with Gasteiger partial charge < -0.3 is 10.0 Å². The normalized spacial score (nSPS) is 18.4. The molecule has 1 aliphatic rings. The third-order valence-electron chi connectivity index (χ3n) is 3.13. The molecule has 1 aromatic rings. The molecule has 0 amide bonds. The van der Waals surface area contributed by atoms with Crippen molar-refractivity contribution >= 4 is 16.5 Å². The smallest absolute Gasteiger partial charge is 0.0992 e. The average molecular weight is 264 g/mol. The molecule has 4 nitrogen and oxygen atoms in total. The summed E-state index contributed by atoms with van der Waals surface area (Å²) in [7, 11) is -0.728. The first-order valence-corrected chi connectivity index (χ1v) is 7.42.